The van der Waals surface area contributed by atoms with Crippen LogP contribution in [0.3, 0.4) is 0 Å². The normalized spacial score (nSPS) is 12.2. The summed E-state index contributed by atoms with van der Waals surface area (Å²) >= 11 is 0. The van der Waals surface area contributed by atoms with E-state index in [2.05, 4.69) is 10.3 Å². The van der Waals surface area contributed by atoms with Gasteiger partial charge in [0.25, 0.3) is 0 Å². The van der Waals surface area contributed by atoms with Gasteiger partial charge in [0.2, 0.25) is 0 Å². The van der Waals surface area contributed by atoms with Gasteiger partial charge in [0.1, 0.15) is 5.82 Å². The van der Waals surface area contributed by atoms with Gasteiger partial charge in [-0.15, -0.1) is 0 Å². The number of nitrogens with zero attached hydrogens (tertiary/aromatic N) is 1. The van der Waals surface area contributed by atoms with E-state index in [9.17, 15) is 8.78 Å². The van der Waals surface area contributed by atoms with Gasteiger partial charge in [-0.1, -0.05) is 13.0 Å². The van der Waals surface area contributed by atoms with Crippen LogP contribution in [0.5, 0.6) is 5.75 Å². The Labute approximate surface area is 116 Å². The van der Waals surface area contributed by atoms with Gasteiger partial charge in [0.15, 0.2) is 11.6 Å². The van der Waals surface area contributed by atoms with Gasteiger partial charge in [0, 0.05) is 6.20 Å². The molecule has 1 aromatic heterocycles. The van der Waals surface area contributed by atoms with Crippen molar-refractivity contribution >= 4 is 0 Å². The van der Waals surface area contributed by atoms with Crippen LogP contribution in [0.15, 0.2) is 36.7 Å². The first-order valence-corrected chi connectivity index (χ1v) is 6.33. The van der Waals surface area contributed by atoms with Crippen LogP contribution in [-0.2, 0) is 0 Å². The van der Waals surface area contributed by atoms with E-state index < -0.39 is 11.6 Å². The van der Waals surface area contributed by atoms with Crippen LogP contribution >= 0.6 is 0 Å². The van der Waals surface area contributed by atoms with Crippen molar-refractivity contribution in [1.29, 1.82) is 0 Å². The van der Waals surface area contributed by atoms with Crippen molar-refractivity contribution in [3.63, 3.8) is 0 Å². The molecule has 0 aliphatic rings. The van der Waals surface area contributed by atoms with Crippen molar-refractivity contribution in [1.82, 2.24) is 10.3 Å². The van der Waals surface area contributed by atoms with E-state index >= 15 is 0 Å². The average molecular weight is 278 g/mol. The largest absolute Gasteiger partial charge is 0.494 e. The third kappa shape index (κ3) is 3.11. The lowest BCUT2D eigenvalue weighted by Gasteiger charge is -2.19. The first kappa shape index (κ1) is 14.4. The second kappa shape index (κ2) is 6.43. The zero-order valence-electron chi connectivity index (χ0n) is 11.4. The maximum Gasteiger partial charge on any atom is 0.165 e. The standard InChI is InChI=1S/C15H16F2N2O/c1-3-19-15(11-6-12(16)9-18-8-11)10-4-5-14(20-2)13(17)7-10/h4-9,15,19H,3H2,1-2H3. The number of hydrogen-bond donors (Lipinski definition) is 1. The molecule has 0 aliphatic carbocycles. The molecule has 0 amide bonds. The minimum atomic E-state index is -0.447. The van der Waals surface area contributed by atoms with Crippen LogP contribution in [-0.4, -0.2) is 18.6 Å². The van der Waals surface area contributed by atoms with Crippen LogP contribution in [0, 0.1) is 11.6 Å². The Kier molecular flexibility index (Phi) is 4.63. The van der Waals surface area contributed by atoms with E-state index in [1.54, 1.807) is 18.3 Å². The number of nitrogens with one attached hydrogen (secondary N) is 1. The minimum Gasteiger partial charge on any atom is -0.494 e. The number of hydrogen-bond acceptors (Lipinski definition) is 3. The SMILES string of the molecule is CCNC(c1cncc(F)c1)c1ccc(OC)c(F)c1. The fourth-order valence-corrected chi connectivity index (χ4v) is 2.08. The Morgan fingerprint density at radius 3 is 2.60 bits per heavy atom. The predicted octanol–water partition coefficient (Wildman–Crippen LogP) is 3.07. The second-order valence-electron chi connectivity index (χ2n) is 4.32. The van der Waals surface area contributed by atoms with Crippen molar-refractivity contribution in [2.45, 2.75) is 13.0 Å². The zero-order valence-corrected chi connectivity index (χ0v) is 11.4. The van der Waals surface area contributed by atoms with Crippen LogP contribution < -0.4 is 10.1 Å². The molecule has 0 saturated carbocycles. The Bertz CT molecular complexity index is 590. The van der Waals surface area contributed by atoms with Gasteiger partial charge >= 0.3 is 0 Å². The van der Waals surface area contributed by atoms with E-state index in [1.807, 2.05) is 6.92 Å². The molecule has 2 aromatic rings. The fraction of sp³-hybridized carbons (Fsp3) is 0.267. The average Bonchev–Trinajstić information content (AvgIpc) is 2.44. The molecule has 5 heteroatoms. The number of pyridine rings is 1. The van der Waals surface area contributed by atoms with E-state index in [0.717, 1.165) is 6.20 Å². The summed E-state index contributed by atoms with van der Waals surface area (Å²) < 4.78 is 32.0. The fourth-order valence-electron chi connectivity index (χ4n) is 2.08. The van der Waals surface area contributed by atoms with Crippen molar-refractivity contribution < 1.29 is 13.5 Å². The molecule has 3 nitrogen and oxygen atoms in total. The second-order valence-corrected chi connectivity index (χ2v) is 4.32. The van der Waals surface area contributed by atoms with E-state index in [1.165, 1.54) is 19.2 Å². The molecule has 1 unspecified atom stereocenters. The van der Waals surface area contributed by atoms with E-state index in [0.29, 0.717) is 17.7 Å². The van der Waals surface area contributed by atoms with Crippen molar-refractivity contribution in [2.24, 2.45) is 0 Å². The van der Waals surface area contributed by atoms with Gasteiger partial charge < -0.3 is 10.1 Å². The highest BCUT2D eigenvalue weighted by Gasteiger charge is 2.16. The number of methoxy groups -OCH3 is 1. The van der Waals surface area contributed by atoms with Gasteiger partial charge in [0.05, 0.1) is 19.3 Å². The summed E-state index contributed by atoms with van der Waals surface area (Å²) in [5, 5.41) is 3.19. The highest BCUT2D eigenvalue weighted by Crippen LogP contribution is 2.26. The molecule has 106 valence electrons. The minimum absolute atomic E-state index is 0.182. The van der Waals surface area contributed by atoms with E-state index in [4.69, 9.17) is 4.74 Å². The maximum absolute atomic E-state index is 13.8. The molecular weight excluding hydrogens is 262 g/mol. The number of rotatable bonds is 5. The number of ether oxygens (including phenoxy) is 1. The lowest BCUT2D eigenvalue weighted by Crippen LogP contribution is -2.22. The lowest BCUT2D eigenvalue weighted by molar-refractivity contribution is 0.385. The summed E-state index contributed by atoms with van der Waals surface area (Å²) in [5.41, 5.74) is 1.34. The molecule has 2 rings (SSSR count). The molecule has 0 fully saturated rings. The summed E-state index contributed by atoms with van der Waals surface area (Å²) in [6.07, 6.45) is 2.71. The molecule has 1 atom stereocenters. The molecule has 20 heavy (non-hydrogen) atoms. The molecule has 0 aliphatic heterocycles. The molecule has 1 heterocycles. The van der Waals surface area contributed by atoms with Crippen molar-refractivity contribution in [3.05, 3.63) is 59.4 Å². The predicted molar refractivity (Wildman–Crippen MR) is 72.7 cm³/mol. The maximum atomic E-state index is 13.8. The van der Waals surface area contributed by atoms with Crippen molar-refractivity contribution in [2.75, 3.05) is 13.7 Å². The van der Waals surface area contributed by atoms with Crippen LogP contribution in [0.4, 0.5) is 8.78 Å². The summed E-state index contributed by atoms with van der Waals surface area (Å²) in [4.78, 5) is 3.84. The van der Waals surface area contributed by atoms with Crippen molar-refractivity contribution in [3.8, 4) is 5.75 Å². The lowest BCUT2D eigenvalue weighted by atomic mass is 9.99. The third-order valence-corrected chi connectivity index (χ3v) is 2.98. The molecule has 0 spiro atoms. The molecule has 1 aromatic carbocycles. The topological polar surface area (TPSA) is 34.2 Å². The molecular formula is C15H16F2N2O. The smallest absolute Gasteiger partial charge is 0.165 e. The van der Waals surface area contributed by atoms with Crippen LogP contribution in [0.25, 0.3) is 0 Å². The zero-order chi connectivity index (χ0) is 14.5. The highest BCUT2D eigenvalue weighted by molar-refractivity contribution is 5.35. The molecule has 0 bridgehead atoms. The summed E-state index contributed by atoms with van der Waals surface area (Å²) in [7, 11) is 1.41. The quantitative estimate of drug-likeness (QED) is 0.912. The Hall–Kier alpha value is -2.01. The van der Waals surface area contributed by atoms with Gasteiger partial charge in [-0.25, -0.2) is 8.78 Å². The van der Waals surface area contributed by atoms with Gasteiger partial charge in [-0.3, -0.25) is 4.98 Å². The number of halogens is 2. The molecule has 0 radical (unpaired) electrons. The first-order chi connectivity index (χ1) is 9.65. The summed E-state index contributed by atoms with van der Waals surface area (Å²) in [5.74, 6) is -0.682. The van der Waals surface area contributed by atoms with Crippen LogP contribution in [0.2, 0.25) is 0 Å². The monoisotopic (exact) mass is 278 g/mol. The first-order valence-electron chi connectivity index (χ1n) is 6.33. The number of benzene rings is 1. The van der Waals surface area contributed by atoms with E-state index in [-0.39, 0.29) is 11.8 Å². The summed E-state index contributed by atoms with van der Waals surface area (Å²) in [6.45, 7) is 2.59. The summed E-state index contributed by atoms with van der Waals surface area (Å²) in [6, 6.07) is 5.77. The van der Waals surface area contributed by atoms with Gasteiger partial charge in [-0.2, -0.15) is 0 Å². The Morgan fingerprint density at radius 1 is 1.20 bits per heavy atom. The molecule has 0 saturated heterocycles. The third-order valence-electron chi connectivity index (χ3n) is 2.98. The Balaban J connectivity index is 2.40. The van der Waals surface area contributed by atoms with Crippen LogP contribution in [0.1, 0.15) is 24.1 Å². The Morgan fingerprint density at radius 2 is 2.00 bits per heavy atom. The molecule has 1 N–H and O–H groups in total. The number of aromatic nitrogens is 1. The highest BCUT2D eigenvalue weighted by atomic mass is 19.1. The van der Waals surface area contributed by atoms with Gasteiger partial charge in [-0.05, 0) is 35.9 Å².